The summed E-state index contributed by atoms with van der Waals surface area (Å²) in [5.41, 5.74) is 0.468. The Kier molecular flexibility index (Phi) is 3.11. The number of nitrogens with zero attached hydrogens (tertiary/aromatic N) is 1. The standard InChI is InChI=1S/C13H17FN2O2S/c1-9-4-12(14)2-3-13(9)19(17,18)16-7-10-5-15-6-11(10)8-16/h2-4,10-11,15H,5-8H2,1H3/t10-,11+. The topological polar surface area (TPSA) is 49.4 Å². The van der Waals surface area contributed by atoms with Gasteiger partial charge in [-0.15, -0.1) is 0 Å². The molecule has 2 fully saturated rings. The molecule has 1 aromatic carbocycles. The number of fused-ring (bicyclic) bond motifs is 1. The molecule has 3 rings (SSSR count). The average Bonchev–Trinajstić information content (AvgIpc) is 2.87. The summed E-state index contributed by atoms with van der Waals surface area (Å²) in [5, 5.41) is 3.28. The Morgan fingerprint density at radius 2 is 1.89 bits per heavy atom. The quantitative estimate of drug-likeness (QED) is 0.880. The van der Waals surface area contributed by atoms with Crippen molar-refractivity contribution in [3.05, 3.63) is 29.6 Å². The molecule has 0 saturated carbocycles. The van der Waals surface area contributed by atoms with Crippen LogP contribution in [-0.4, -0.2) is 38.9 Å². The number of benzene rings is 1. The molecule has 0 radical (unpaired) electrons. The van der Waals surface area contributed by atoms with Crippen LogP contribution in [0.4, 0.5) is 4.39 Å². The van der Waals surface area contributed by atoms with E-state index in [4.69, 9.17) is 0 Å². The van der Waals surface area contributed by atoms with Gasteiger partial charge in [-0.1, -0.05) is 0 Å². The molecule has 0 bridgehead atoms. The minimum atomic E-state index is -3.49. The number of nitrogens with one attached hydrogen (secondary N) is 1. The van der Waals surface area contributed by atoms with Crippen LogP contribution in [0.2, 0.25) is 0 Å². The van der Waals surface area contributed by atoms with Crippen LogP contribution in [0.25, 0.3) is 0 Å². The Morgan fingerprint density at radius 3 is 2.47 bits per heavy atom. The summed E-state index contributed by atoms with van der Waals surface area (Å²) in [7, 11) is -3.49. The lowest BCUT2D eigenvalue weighted by Gasteiger charge is -2.18. The molecule has 0 aliphatic carbocycles. The van der Waals surface area contributed by atoms with E-state index in [9.17, 15) is 12.8 Å². The molecule has 0 spiro atoms. The summed E-state index contributed by atoms with van der Waals surface area (Å²) in [5.74, 6) is 0.421. The molecule has 1 N–H and O–H groups in total. The average molecular weight is 284 g/mol. The molecule has 19 heavy (non-hydrogen) atoms. The highest BCUT2D eigenvalue weighted by atomic mass is 32.2. The van der Waals surface area contributed by atoms with Crippen molar-refractivity contribution in [2.45, 2.75) is 11.8 Å². The first-order valence-corrected chi connectivity index (χ1v) is 7.89. The maximum Gasteiger partial charge on any atom is 0.243 e. The van der Waals surface area contributed by atoms with Crippen LogP contribution in [0.15, 0.2) is 23.1 Å². The molecule has 2 saturated heterocycles. The third-order valence-corrected chi connectivity index (χ3v) is 6.10. The fourth-order valence-electron chi connectivity index (χ4n) is 3.05. The van der Waals surface area contributed by atoms with E-state index in [1.165, 1.54) is 18.2 Å². The maximum atomic E-state index is 13.1. The highest BCUT2D eigenvalue weighted by molar-refractivity contribution is 7.89. The molecule has 1 aromatic rings. The Hall–Kier alpha value is -0.980. The van der Waals surface area contributed by atoms with E-state index in [2.05, 4.69) is 5.32 Å². The first-order valence-electron chi connectivity index (χ1n) is 6.45. The molecule has 2 aliphatic rings. The van der Waals surface area contributed by atoms with Gasteiger partial charge in [0.1, 0.15) is 5.82 Å². The molecule has 104 valence electrons. The molecule has 2 heterocycles. The highest BCUT2D eigenvalue weighted by Crippen LogP contribution is 2.31. The van der Waals surface area contributed by atoms with Crippen molar-refractivity contribution in [3.63, 3.8) is 0 Å². The van der Waals surface area contributed by atoms with Crippen LogP contribution in [0.3, 0.4) is 0 Å². The van der Waals surface area contributed by atoms with Gasteiger partial charge in [-0.25, -0.2) is 12.8 Å². The summed E-state index contributed by atoms with van der Waals surface area (Å²) >= 11 is 0. The molecule has 0 unspecified atom stereocenters. The van der Waals surface area contributed by atoms with E-state index in [-0.39, 0.29) is 4.90 Å². The number of hydrogen-bond acceptors (Lipinski definition) is 3. The lowest BCUT2D eigenvalue weighted by atomic mass is 10.0. The zero-order valence-electron chi connectivity index (χ0n) is 10.8. The molecule has 2 atom stereocenters. The van der Waals surface area contributed by atoms with E-state index in [1.54, 1.807) is 11.2 Å². The van der Waals surface area contributed by atoms with Crippen molar-refractivity contribution in [1.82, 2.24) is 9.62 Å². The second-order valence-corrected chi connectivity index (χ2v) is 7.32. The molecule has 0 amide bonds. The minimum Gasteiger partial charge on any atom is -0.316 e. The lowest BCUT2D eigenvalue weighted by Crippen LogP contribution is -2.32. The van der Waals surface area contributed by atoms with E-state index < -0.39 is 15.8 Å². The zero-order valence-corrected chi connectivity index (χ0v) is 11.6. The molecule has 2 aliphatic heterocycles. The zero-order chi connectivity index (χ0) is 13.6. The normalized spacial score (nSPS) is 27.7. The van der Waals surface area contributed by atoms with Gasteiger partial charge in [0, 0.05) is 13.1 Å². The maximum absolute atomic E-state index is 13.1. The predicted molar refractivity (Wildman–Crippen MR) is 69.7 cm³/mol. The fourth-order valence-corrected chi connectivity index (χ4v) is 4.81. The number of sulfonamides is 1. The second-order valence-electron chi connectivity index (χ2n) is 5.41. The van der Waals surface area contributed by atoms with Gasteiger partial charge in [0.15, 0.2) is 0 Å². The number of halogens is 1. The van der Waals surface area contributed by atoms with E-state index in [0.717, 1.165) is 13.1 Å². The summed E-state index contributed by atoms with van der Waals surface area (Å²) in [6.07, 6.45) is 0. The number of hydrogen-bond donors (Lipinski definition) is 1. The summed E-state index contributed by atoms with van der Waals surface area (Å²) in [4.78, 5) is 0.224. The van der Waals surface area contributed by atoms with E-state index in [0.29, 0.717) is 30.5 Å². The molecule has 4 nitrogen and oxygen atoms in total. The smallest absolute Gasteiger partial charge is 0.243 e. The predicted octanol–water partition coefficient (Wildman–Crippen LogP) is 0.974. The number of aryl methyl sites for hydroxylation is 1. The van der Waals surface area contributed by atoms with Crippen LogP contribution in [0, 0.1) is 24.6 Å². The van der Waals surface area contributed by atoms with Crippen molar-refractivity contribution in [3.8, 4) is 0 Å². The van der Waals surface area contributed by atoms with Crippen LogP contribution in [-0.2, 0) is 10.0 Å². The summed E-state index contributed by atoms with van der Waals surface area (Å²) in [6, 6.07) is 3.84. The van der Waals surface area contributed by atoms with Crippen LogP contribution in [0.5, 0.6) is 0 Å². The molecule has 0 aromatic heterocycles. The number of rotatable bonds is 2. The second kappa shape index (κ2) is 4.54. The molecular formula is C13H17FN2O2S. The van der Waals surface area contributed by atoms with Gasteiger partial charge in [0.2, 0.25) is 10.0 Å². The van der Waals surface area contributed by atoms with Gasteiger partial charge in [-0.05, 0) is 55.6 Å². The largest absolute Gasteiger partial charge is 0.316 e. The monoisotopic (exact) mass is 284 g/mol. The first-order chi connectivity index (χ1) is 8.98. The summed E-state index contributed by atoms with van der Waals surface area (Å²) < 4.78 is 39.8. The Bertz CT molecular complexity index is 591. The van der Waals surface area contributed by atoms with Gasteiger partial charge in [-0.3, -0.25) is 0 Å². The van der Waals surface area contributed by atoms with Gasteiger partial charge in [0.25, 0.3) is 0 Å². The fraction of sp³-hybridized carbons (Fsp3) is 0.538. The van der Waals surface area contributed by atoms with Gasteiger partial charge >= 0.3 is 0 Å². The Labute approximate surface area is 112 Å². The molecule has 6 heteroatoms. The first kappa shape index (κ1) is 13.0. The Balaban J connectivity index is 1.91. The Morgan fingerprint density at radius 1 is 1.26 bits per heavy atom. The van der Waals surface area contributed by atoms with Crippen molar-refractivity contribution in [2.75, 3.05) is 26.2 Å². The van der Waals surface area contributed by atoms with Crippen LogP contribution in [0.1, 0.15) is 5.56 Å². The van der Waals surface area contributed by atoms with Crippen molar-refractivity contribution >= 4 is 10.0 Å². The molecular weight excluding hydrogens is 267 g/mol. The minimum absolute atomic E-state index is 0.224. The van der Waals surface area contributed by atoms with Crippen molar-refractivity contribution in [1.29, 1.82) is 0 Å². The van der Waals surface area contributed by atoms with Crippen molar-refractivity contribution in [2.24, 2.45) is 11.8 Å². The van der Waals surface area contributed by atoms with Gasteiger partial charge in [0.05, 0.1) is 4.90 Å². The van der Waals surface area contributed by atoms with Gasteiger partial charge < -0.3 is 5.32 Å². The van der Waals surface area contributed by atoms with E-state index in [1.807, 2.05) is 0 Å². The third-order valence-electron chi connectivity index (χ3n) is 4.11. The van der Waals surface area contributed by atoms with E-state index >= 15 is 0 Å². The highest BCUT2D eigenvalue weighted by Gasteiger charge is 2.41. The summed E-state index contributed by atoms with van der Waals surface area (Å²) in [6.45, 7) is 4.54. The van der Waals surface area contributed by atoms with Gasteiger partial charge in [-0.2, -0.15) is 4.31 Å². The lowest BCUT2D eigenvalue weighted by molar-refractivity contribution is 0.447. The van der Waals surface area contributed by atoms with Crippen LogP contribution >= 0.6 is 0 Å². The third kappa shape index (κ3) is 2.17. The van der Waals surface area contributed by atoms with Crippen molar-refractivity contribution < 1.29 is 12.8 Å². The van der Waals surface area contributed by atoms with Crippen LogP contribution < -0.4 is 5.32 Å². The SMILES string of the molecule is Cc1cc(F)ccc1S(=O)(=O)N1C[C@H]2CNC[C@H]2C1.